The number of benzene rings is 2. The van der Waals surface area contributed by atoms with Gasteiger partial charge in [-0.2, -0.15) is 0 Å². The van der Waals surface area contributed by atoms with E-state index in [1.807, 2.05) is 0 Å². The summed E-state index contributed by atoms with van der Waals surface area (Å²) in [5.74, 6) is -1.48. The van der Waals surface area contributed by atoms with E-state index >= 15 is 0 Å². The highest BCUT2D eigenvalue weighted by molar-refractivity contribution is 5.91. The van der Waals surface area contributed by atoms with Gasteiger partial charge in [-0.25, -0.2) is 14.0 Å². The van der Waals surface area contributed by atoms with Crippen molar-refractivity contribution in [1.29, 1.82) is 0 Å². The predicted molar refractivity (Wildman–Crippen MR) is 99.7 cm³/mol. The summed E-state index contributed by atoms with van der Waals surface area (Å²) < 4.78 is 19.3. The summed E-state index contributed by atoms with van der Waals surface area (Å²) in [5.41, 5.74) is 2.06. The van der Waals surface area contributed by atoms with Gasteiger partial charge < -0.3 is 15.0 Å². The number of imidazole rings is 1. The number of esters is 1. The number of H-pyrrole nitrogens is 1. The van der Waals surface area contributed by atoms with Crippen LogP contribution in [-0.4, -0.2) is 28.0 Å². The van der Waals surface area contributed by atoms with Crippen molar-refractivity contribution < 1.29 is 18.7 Å². The molecule has 0 aliphatic carbocycles. The van der Waals surface area contributed by atoms with Crippen LogP contribution in [0, 0.1) is 12.7 Å². The summed E-state index contributed by atoms with van der Waals surface area (Å²) in [5, 5.41) is 2.59. The third-order valence-corrected chi connectivity index (χ3v) is 4.06. The van der Waals surface area contributed by atoms with Crippen LogP contribution in [0.15, 0.2) is 59.5 Å². The second-order valence-electron chi connectivity index (χ2n) is 6.10. The number of halogens is 1. The highest BCUT2D eigenvalue weighted by atomic mass is 19.1. The number of hydrogen-bond acceptors (Lipinski definition) is 4. The Hall–Kier alpha value is -3.68. The first-order valence-corrected chi connectivity index (χ1v) is 8.50. The maximum absolute atomic E-state index is 12.8. The molecular weight excluding hydrogens is 365 g/mol. The highest BCUT2D eigenvalue weighted by Gasteiger charge is 2.11. The lowest BCUT2D eigenvalue weighted by atomic mass is 10.2. The molecule has 0 spiro atoms. The van der Waals surface area contributed by atoms with Crippen molar-refractivity contribution in [2.45, 2.75) is 13.5 Å². The van der Waals surface area contributed by atoms with E-state index in [2.05, 4.69) is 10.3 Å². The Balaban J connectivity index is 1.52. The van der Waals surface area contributed by atoms with E-state index in [4.69, 9.17) is 4.74 Å². The van der Waals surface area contributed by atoms with Crippen LogP contribution in [0.2, 0.25) is 0 Å². The van der Waals surface area contributed by atoms with Crippen LogP contribution in [0.4, 0.5) is 4.39 Å². The van der Waals surface area contributed by atoms with Crippen LogP contribution in [0.3, 0.4) is 0 Å². The Kier molecular flexibility index (Phi) is 5.69. The van der Waals surface area contributed by atoms with Gasteiger partial charge in [0.25, 0.3) is 5.91 Å². The van der Waals surface area contributed by atoms with E-state index in [0.29, 0.717) is 5.69 Å². The zero-order valence-electron chi connectivity index (χ0n) is 15.1. The number of carbonyl (C=O) groups is 2. The molecule has 0 fully saturated rings. The van der Waals surface area contributed by atoms with E-state index in [0.717, 1.165) is 11.3 Å². The molecule has 144 valence electrons. The Labute approximate surface area is 159 Å². The zero-order chi connectivity index (χ0) is 20.1. The quantitative estimate of drug-likeness (QED) is 0.638. The molecule has 1 heterocycles. The van der Waals surface area contributed by atoms with Gasteiger partial charge >= 0.3 is 11.7 Å². The molecule has 1 aromatic heterocycles. The summed E-state index contributed by atoms with van der Waals surface area (Å²) >= 11 is 0. The number of ether oxygens (including phenoxy) is 1. The van der Waals surface area contributed by atoms with E-state index in [1.165, 1.54) is 28.8 Å². The van der Waals surface area contributed by atoms with Gasteiger partial charge in [0.2, 0.25) is 0 Å². The SMILES string of the molecule is Cc1c[nH]c(=O)n1-c1ccc(C(=O)OCC(=O)NCc2ccc(F)cc2)cc1. The number of rotatable bonds is 6. The minimum atomic E-state index is -0.651. The van der Waals surface area contributed by atoms with Crippen LogP contribution in [-0.2, 0) is 16.1 Å². The second kappa shape index (κ2) is 8.34. The molecule has 0 atom stereocenters. The van der Waals surface area contributed by atoms with Crippen LogP contribution < -0.4 is 11.0 Å². The molecule has 2 aromatic carbocycles. The predicted octanol–water partition coefficient (Wildman–Crippen LogP) is 2.09. The first-order chi connectivity index (χ1) is 13.4. The molecule has 0 unspecified atom stereocenters. The maximum Gasteiger partial charge on any atom is 0.338 e. The summed E-state index contributed by atoms with van der Waals surface area (Å²) in [7, 11) is 0. The fourth-order valence-corrected chi connectivity index (χ4v) is 2.59. The van der Waals surface area contributed by atoms with Gasteiger partial charge in [-0.15, -0.1) is 0 Å². The molecule has 0 saturated heterocycles. The van der Waals surface area contributed by atoms with E-state index in [1.54, 1.807) is 37.4 Å². The third kappa shape index (κ3) is 4.53. The van der Waals surface area contributed by atoms with Crippen LogP contribution >= 0.6 is 0 Å². The Morgan fingerprint density at radius 2 is 1.79 bits per heavy atom. The van der Waals surface area contributed by atoms with Crippen molar-refractivity contribution in [2.24, 2.45) is 0 Å². The van der Waals surface area contributed by atoms with Gasteiger partial charge in [0.1, 0.15) is 5.82 Å². The number of nitrogens with one attached hydrogen (secondary N) is 2. The third-order valence-electron chi connectivity index (χ3n) is 4.06. The molecule has 7 nitrogen and oxygen atoms in total. The lowest BCUT2D eigenvalue weighted by molar-refractivity contribution is -0.124. The molecule has 28 heavy (non-hydrogen) atoms. The van der Waals surface area contributed by atoms with Crippen LogP contribution in [0.1, 0.15) is 21.6 Å². The average Bonchev–Trinajstić information content (AvgIpc) is 3.04. The number of carbonyl (C=O) groups excluding carboxylic acids is 2. The molecule has 8 heteroatoms. The summed E-state index contributed by atoms with van der Waals surface area (Å²) in [6, 6.07) is 12.0. The second-order valence-corrected chi connectivity index (χ2v) is 6.10. The van der Waals surface area contributed by atoms with Gasteiger partial charge in [0, 0.05) is 18.4 Å². The fraction of sp³-hybridized carbons (Fsp3) is 0.150. The smallest absolute Gasteiger partial charge is 0.338 e. The van der Waals surface area contributed by atoms with Crippen molar-refractivity contribution in [3.8, 4) is 5.69 Å². The van der Waals surface area contributed by atoms with Gasteiger partial charge in [0.05, 0.1) is 11.3 Å². The van der Waals surface area contributed by atoms with Crippen molar-refractivity contribution in [3.05, 3.63) is 87.9 Å². The molecule has 0 saturated carbocycles. The first kappa shape index (κ1) is 19.1. The summed E-state index contributed by atoms with van der Waals surface area (Å²) in [6.45, 7) is 1.55. The van der Waals surface area contributed by atoms with Gasteiger partial charge in [-0.1, -0.05) is 12.1 Å². The number of aromatic nitrogens is 2. The van der Waals surface area contributed by atoms with Crippen molar-refractivity contribution in [2.75, 3.05) is 6.61 Å². The van der Waals surface area contributed by atoms with Crippen molar-refractivity contribution in [3.63, 3.8) is 0 Å². The average molecular weight is 383 g/mol. The van der Waals surface area contributed by atoms with E-state index in [-0.39, 0.29) is 23.6 Å². The fourth-order valence-electron chi connectivity index (χ4n) is 2.59. The number of hydrogen-bond donors (Lipinski definition) is 2. The summed E-state index contributed by atoms with van der Waals surface area (Å²) in [6.07, 6.45) is 1.59. The molecule has 0 aliphatic heterocycles. The molecule has 1 amide bonds. The highest BCUT2D eigenvalue weighted by Crippen LogP contribution is 2.11. The minimum absolute atomic E-state index is 0.204. The number of aromatic amines is 1. The van der Waals surface area contributed by atoms with E-state index in [9.17, 15) is 18.8 Å². The Morgan fingerprint density at radius 1 is 1.11 bits per heavy atom. The first-order valence-electron chi connectivity index (χ1n) is 8.50. The molecule has 3 rings (SSSR count). The molecule has 3 aromatic rings. The molecule has 2 N–H and O–H groups in total. The normalized spacial score (nSPS) is 10.5. The molecule has 0 aliphatic rings. The van der Waals surface area contributed by atoms with Gasteiger partial charge in [0.15, 0.2) is 6.61 Å². The van der Waals surface area contributed by atoms with Gasteiger partial charge in [-0.3, -0.25) is 9.36 Å². The monoisotopic (exact) mass is 383 g/mol. The van der Waals surface area contributed by atoms with Crippen LogP contribution in [0.25, 0.3) is 5.69 Å². The van der Waals surface area contributed by atoms with Crippen molar-refractivity contribution in [1.82, 2.24) is 14.9 Å². The Morgan fingerprint density at radius 3 is 2.39 bits per heavy atom. The van der Waals surface area contributed by atoms with E-state index < -0.39 is 18.5 Å². The molecule has 0 radical (unpaired) electrons. The van der Waals surface area contributed by atoms with Gasteiger partial charge in [-0.05, 0) is 48.9 Å². The lowest BCUT2D eigenvalue weighted by Crippen LogP contribution is -2.28. The maximum atomic E-state index is 12.8. The number of aryl methyl sites for hydroxylation is 1. The summed E-state index contributed by atoms with van der Waals surface area (Å²) in [4.78, 5) is 38.2. The topological polar surface area (TPSA) is 93.2 Å². The number of amides is 1. The molecule has 0 bridgehead atoms. The molecular formula is C20H18FN3O4. The minimum Gasteiger partial charge on any atom is -0.452 e. The number of nitrogens with zero attached hydrogens (tertiary/aromatic N) is 1. The largest absolute Gasteiger partial charge is 0.452 e. The van der Waals surface area contributed by atoms with Crippen LogP contribution in [0.5, 0.6) is 0 Å². The van der Waals surface area contributed by atoms with Crippen molar-refractivity contribution >= 4 is 11.9 Å². The zero-order valence-corrected chi connectivity index (χ0v) is 15.1. The standard InChI is InChI=1S/C20H18FN3O4/c1-13-10-23-20(27)24(13)17-8-4-15(5-9-17)19(26)28-12-18(25)22-11-14-2-6-16(21)7-3-14/h2-10H,11-12H2,1H3,(H,22,25)(H,23,27). The Bertz CT molecular complexity index is 1040. The lowest BCUT2D eigenvalue weighted by Gasteiger charge is -2.08.